The number of nitrogens with one attached hydrogen (secondary N) is 1. The second kappa shape index (κ2) is 7.94. The summed E-state index contributed by atoms with van der Waals surface area (Å²) in [6.45, 7) is 6.10. The topological polar surface area (TPSA) is 75.4 Å². The zero-order valence-corrected chi connectivity index (χ0v) is 16.2. The standard InChI is InChI=1S/C21H27N3O3/c1-4-15(2)22-20(26)21(11-8-12-24(21)16(3)25)14-18-13-19(23-27-18)17-9-6-5-7-10-17/h5-7,9-10,13,15H,4,8,11-12,14H2,1-3H3,(H,22,26)/t15-,21+/m0/s1. The van der Waals surface area contributed by atoms with Gasteiger partial charge in [0.05, 0.1) is 0 Å². The van der Waals surface area contributed by atoms with E-state index in [1.54, 1.807) is 4.90 Å². The first-order chi connectivity index (χ1) is 13.0. The fourth-order valence-corrected chi connectivity index (χ4v) is 3.73. The number of carbonyl (C=O) groups excluding carboxylic acids is 2. The Morgan fingerprint density at radius 1 is 1.33 bits per heavy atom. The molecule has 0 spiro atoms. The van der Waals surface area contributed by atoms with Gasteiger partial charge >= 0.3 is 0 Å². The Kier molecular flexibility index (Phi) is 5.63. The highest BCUT2D eigenvalue weighted by atomic mass is 16.5. The molecular weight excluding hydrogens is 342 g/mol. The number of benzene rings is 1. The van der Waals surface area contributed by atoms with E-state index in [0.29, 0.717) is 25.1 Å². The number of hydrogen-bond acceptors (Lipinski definition) is 4. The summed E-state index contributed by atoms with van der Waals surface area (Å²) in [5.41, 5.74) is 0.777. The van der Waals surface area contributed by atoms with E-state index < -0.39 is 5.54 Å². The smallest absolute Gasteiger partial charge is 0.246 e. The third-order valence-electron chi connectivity index (χ3n) is 5.38. The number of likely N-dealkylation sites (tertiary alicyclic amines) is 1. The van der Waals surface area contributed by atoms with Gasteiger partial charge in [-0.05, 0) is 26.2 Å². The average molecular weight is 369 g/mol. The lowest BCUT2D eigenvalue weighted by molar-refractivity contribution is -0.144. The van der Waals surface area contributed by atoms with Gasteiger partial charge in [0.2, 0.25) is 11.8 Å². The Bertz CT molecular complexity index is 802. The monoisotopic (exact) mass is 369 g/mol. The molecule has 0 aliphatic carbocycles. The molecule has 0 bridgehead atoms. The van der Waals surface area contributed by atoms with Crippen LogP contribution in [0.15, 0.2) is 40.9 Å². The molecule has 1 aromatic heterocycles. The zero-order chi connectivity index (χ0) is 19.4. The zero-order valence-electron chi connectivity index (χ0n) is 16.2. The molecule has 2 atom stereocenters. The minimum atomic E-state index is -0.914. The van der Waals surface area contributed by atoms with Crippen molar-refractivity contribution in [2.45, 2.75) is 58.0 Å². The summed E-state index contributed by atoms with van der Waals surface area (Å²) in [6, 6.07) is 11.7. The average Bonchev–Trinajstić information content (AvgIpc) is 3.30. The molecule has 1 aromatic carbocycles. The van der Waals surface area contributed by atoms with Gasteiger partial charge in [-0.15, -0.1) is 0 Å². The quantitative estimate of drug-likeness (QED) is 0.848. The Morgan fingerprint density at radius 2 is 2.07 bits per heavy atom. The SMILES string of the molecule is CC[C@H](C)NC(=O)[C@]1(Cc2cc(-c3ccccc3)no2)CCCN1C(C)=O. The van der Waals surface area contributed by atoms with Crippen molar-refractivity contribution in [3.63, 3.8) is 0 Å². The molecule has 6 heteroatoms. The summed E-state index contributed by atoms with van der Waals surface area (Å²) in [4.78, 5) is 27.1. The van der Waals surface area contributed by atoms with Crippen LogP contribution in [0.3, 0.4) is 0 Å². The highest BCUT2D eigenvalue weighted by Gasteiger charge is 2.49. The molecule has 1 aliphatic rings. The largest absolute Gasteiger partial charge is 0.361 e. The molecule has 1 saturated heterocycles. The van der Waals surface area contributed by atoms with Crippen LogP contribution < -0.4 is 5.32 Å². The van der Waals surface area contributed by atoms with Gasteiger partial charge in [-0.1, -0.05) is 42.4 Å². The molecule has 27 heavy (non-hydrogen) atoms. The second-order valence-electron chi connectivity index (χ2n) is 7.31. The molecule has 1 fully saturated rings. The van der Waals surface area contributed by atoms with Crippen LogP contribution in [0, 0.1) is 0 Å². The summed E-state index contributed by atoms with van der Waals surface area (Å²) in [6.07, 6.45) is 2.58. The maximum absolute atomic E-state index is 13.2. The van der Waals surface area contributed by atoms with Crippen molar-refractivity contribution >= 4 is 11.8 Å². The first kappa shape index (κ1) is 19.1. The molecule has 2 heterocycles. The van der Waals surface area contributed by atoms with Crippen molar-refractivity contribution in [2.24, 2.45) is 0 Å². The van der Waals surface area contributed by atoms with Crippen LogP contribution in [0.4, 0.5) is 0 Å². The first-order valence-electron chi connectivity index (χ1n) is 9.56. The molecular formula is C21H27N3O3. The molecule has 144 valence electrons. The van der Waals surface area contributed by atoms with Crippen LogP contribution in [0.5, 0.6) is 0 Å². The van der Waals surface area contributed by atoms with Gasteiger partial charge in [-0.2, -0.15) is 0 Å². The number of aromatic nitrogens is 1. The molecule has 0 unspecified atom stereocenters. The molecule has 0 saturated carbocycles. The number of hydrogen-bond donors (Lipinski definition) is 1. The number of carbonyl (C=O) groups is 2. The van der Waals surface area contributed by atoms with Crippen LogP contribution in [-0.2, 0) is 16.0 Å². The molecule has 1 aliphatic heterocycles. The van der Waals surface area contributed by atoms with Gasteiger partial charge in [0.1, 0.15) is 17.0 Å². The minimum Gasteiger partial charge on any atom is -0.361 e. The highest BCUT2D eigenvalue weighted by molar-refractivity contribution is 5.92. The molecule has 2 aromatic rings. The van der Waals surface area contributed by atoms with E-state index in [1.165, 1.54) is 6.92 Å². The molecule has 2 amide bonds. The maximum atomic E-state index is 13.2. The lowest BCUT2D eigenvalue weighted by Gasteiger charge is -2.36. The third kappa shape index (κ3) is 3.89. The van der Waals surface area contributed by atoms with Gasteiger partial charge in [-0.3, -0.25) is 9.59 Å². The van der Waals surface area contributed by atoms with Crippen LogP contribution in [0.25, 0.3) is 11.3 Å². The highest BCUT2D eigenvalue weighted by Crippen LogP contribution is 2.34. The Morgan fingerprint density at radius 3 is 2.74 bits per heavy atom. The van der Waals surface area contributed by atoms with E-state index in [9.17, 15) is 9.59 Å². The second-order valence-corrected chi connectivity index (χ2v) is 7.31. The van der Waals surface area contributed by atoms with Gasteiger partial charge < -0.3 is 14.7 Å². The van der Waals surface area contributed by atoms with Gasteiger partial charge in [0, 0.05) is 37.6 Å². The van der Waals surface area contributed by atoms with E-state index in [0.717, 1.165) is 24.1 Å². The fraction of sp³-hybridized carbons (Fsp3) is 0.476. The Hall–Kier alpha value is -2.63. The molecule has 6 nitrogen and oxygen atoms in total. The van der Waals surface area contributed by atoms with Gasteiger partial charge in [-0.25, -0.2) is 0 Å². The first-order valence-corrected chi connectivity index (χ1v) is 9.56. The van der Waals surface area contributed by atoms with Crippen LogP contribution in [0.2, 0.25) is 0 Å². The van der Waals surface area contributed by atoms with Crippen LogP contribution in [0.1, 0.15) is 45.8 Å². The number of rotatable bonds is 6. The summed E-state index contributed by atoms with van der Waals surface area (Å²) >= 11 is 0. The number of amides is 2. The summed E-state index contributed by atoms with van der Waals surface area (Å²) in [5, 5.41) is 7.22. The van der Waals surface area contributed by atoms with Crippen molar-refractivity contribution in [3.8, 4) is 11.3 Å². The van der Waals surface area contributed by atoms with E-state index in [4.69, 9.17) is 4.52 Å². The van der Waals surface area contributed by atoms with Gasteiger partial charge in [0.25, 0.3) is 0 Å². The molecule has 1 N–H and O–H groups in total. The van der Waals surface area contributed by atoms with Crippen LogP contribution in [-0.4, -0.2) is 40.0 Å². The van der Waals surface area contributed by atoms with E-state index in [1.807, 2.05) is 50.2 Å². The van der Waals surface area contributed by atoms with Gasteiger partial charge in [0.15, 0.2) is 0 Å². The number of nitrogens with zero attached hydrogens (tertiary/aromatic N) is 2. The van der Waals surface area contributed by atoms with E-state index >= 15 is 0 Å². The molecule has 0 radical (unpaired) electrons. The maximum Gasteiger partial charge on any atom is 0.246 e. The Balaban J connectivity index is 1.89. The van der Waals surface area contributed by atoms with E-state index in [-0.39, 0.29) is 17.9 Å². The summed E-state index contributed by atoms with van der Waals surface area (Å²) in [7, 11) is 0. The van der Waals surface area contributed by atoms with E-state index in [2.05, 4.69) is 10.5 Å². The van der Waals surface area contributed by atoms with Crippen LogP contribution >= 0.6 is 0 Å². The Labute approximate surface area is 159 Å². The lowest BCUT2D eigenvalue weighted by atomic mass is 9.88. The van der Waals surface area contributed by atoms with Crippen molar-refractivity contribution in [3.05, 3.63) is 42.2 Å². The van der Waals surface area contributed by atoms with Crippen molar-refractivity contribution < 1.29 is 14.1 Å². The summed E-state index contributed by atoms with van der Waals surface area (Å²) < 4.78 is 5.55. The molecule has 3 rings (SSSR count). The lowest BCUT2D eigenvalue weighted by Crippen LogP contribution is -2.59. The normalized spacial score (nSPS) is 20.5. The third-order valence-corrected chi connectivity index (χ3v) is 5.38. The fourth-order valence-electron chi connectivity index (χ4n) is 3.73. The van der Waals surface area contributed by atoms with Crippen molar-refractivity contribution in [2.75, 3.05) is 6.54 Å². The van der Waals surface area contributed by atoms with Crippen molar-refractivity contribution in [1.82, 2.24) is 15.4 Å². The summed E-state index contributed by atoms with van der Waals surface area (Å²) in [5.74, 6) is 0.415. The van der Waals surface area contributed by atoms with Crippen molar-refractivity contribution in [1.29, 1.82) is 0 Å². The predicted octanol–water partition coefficient (Wildman–Crippen LogP) is 3.18. The minimum absolute atomic E-state index is 0.0541. The predicted molar refractivity (Wildman–Crippen MR) is 103 cm³/mol.